The van der Waals surface area contributed by atoms with Gasteiger partial charge >= 0.3 is 0 Å². The summed E-state index contributed by atoms with van der Waals surface area (Å²) in [7, 11) is 0. The second-order valence-corrected chi connectivity index (χ2v) is 3.27. The highest BCUT2D eigenvalue weighted by molar-refractivity contribution is 4.95. The molecule has 2 unspecified atom stereocenters. The largest absolute Gasteiger partial charge is 0.395 e. The molecule has 2 atom stereocenters. The molecule has 0 aromatic rings. The van der Waals surface area contributed by atoms with Crippen LogP contribution in [0.25, 0.3) is 0 Å². The van der Waals surface area contributed by atoms with Gasteiger partial charge in [-0.1, -0.05) is 6.92 Å². The van der Waals surface area contributed by atoms with Crippen LogP contribution in [0.1, 0.15) is 26.2 Å². The van der Waals surface area contributed by atoms with Gasteiger partial charge in [0.05, 0.1) is 18.7 Å². The van der Waals surface area contributed by atoms with E-state index in [0.717, 1.165) is 25.8 Å². The van der Waals surface area contributed by atoms with Crippen molar-refractivity contribution in [2.24, 2.45) is 0 Å². The average molecular weight is 168 g/mol. The van der Waals surface area contributed by atoms with Gasteiger partial charge in [-0.15, -0.1) is 0 Å². The zero-order chi connectivity index (χ0) is 8.97. The monoisotopic (exact) mass is 168 g/mol. The topological polar surface area (TPSA) is 47.3 Å². The minimum Gasteiger partial charge on any atom is -0.395 e. The fourth-order valence-corrected chi connectivity index (χ4v) is 1.86. The first-order valence-corrected chi connectivity index (χ1v) is 4.59. The smallest absolute Gasteiger partial charge is 0.0978 e. The highest BCUT2D eigenvalue weighted by Crippen LogP contribution is 2.20. The molecule has 0 aromatic carbocycles. The lowest BCUT2D eigenvalue weighted by atomic mass is 10.2. The Labute approximate surface area is 73.6 Å². The number of aliphatic hydroxyl groups is 1. The van der Waals surface area contributed by atoms with Gasteiger partial charge in [0.2, 0.25) is 0 Å². The van der Waals surface area contributed by atoms with Crippen LogP contribution in [0.15, 0.2) is 0 Å². The van der Waals surface area contributed by atoms with Crippen LogP contribution in [0.3, 0.4) is 0 Å². The summed E-state index contributed by atoms with van der Waals surface area (Å²) in [6.45, 7) is 3.18. The van der Waals surface area contributed by atoms with Crippen molar-refractivity contribution in [3.05, 3.63) is 0 Å². The van der Waals surface area contributed by atoms with Crippen molar-refractivity contribution in [2.75, 3.05) is 13.2 Å². The summed E-state index contributed by atoms with van der Waals surface area (Å²) < 4.78 is 0. The summed E-state index contributed by atoms with van der Waals surface area (Å²) in [6, 6.07) is 2.51. The van der Waals surface area contributed by atoms with E-state index in [2.05, 4.69) is 11.0 Å². The van der Waals surface area contributed by atoms with E-state index in [9.17, 15) is 0 Å². The zero-order valence-corrected chi connectivity index (χ0v) is 7.53. The van der Waals surface area contributed by atoms with Crippen LogP contribution in [0, 0.1) is 11.3 Å². The summed E-state index contributed by atoms with van der Waals surface area (Å²) in [4.78, 5) is 2.12. The number of nitriles is 1. The Balaban J connectivity index is 2.54. The first-order valence-electron chi connectivity index (χ1n) is 4.59. The van der Waals surface area contributed by atoms with Crippen LogP contribution >= 0.6 is 0 Å². The normalized spacial score (nSPS) is 26.9. The predicted molar refractivity (Wildman–Crippen MR) is 46.5 cm³/mol. The van der Waals surface area contributed by atoms with E-state index in [1.54, 1.807) is 0 Å². The molecule has 1 rings (SSSR count). The summed E-state index contributed by atoms with van der Waals surface area (Å²) in [5, 5.41) is 17.9. The van der Waals surface area contributed by atoms with Crippen molar-refractivity contribution in [1.29, 1.82) is 5.26 Å². The molecule has 0 aromatic heterocycles. The maximum absolute atomic E-state index is 9.03. The standard InChI is InChI=1S/C9H16N2O/c1-2-8(6-10)11-5-3-4-9(11)7-12/h8-9,12H,2-5,7H2,1H3. The number of nitrogens with zero attached hydrogens (tertiary/aromatic N) is 2. The molecule has 3 nitrogen and oxygen atoms in total. The molecule has 0 bridgehead atoms. The SMILES string of the molecule is CCC(C#N)N1CCCC1CO. The minimum absolute atomic E-state index is 0.00431. The molecule has 12 heavy (non-hydrogen) atoms. The zero-order valence-electron chi connectivity index (χ0n) is 7.53. The van der Waals surface area contributed by atoms with E-state index < -0.39 is 0 Å². The van der Waals surface area contributed by atoms with Gasteiger partial charge in [0.1, 0.15) is 0 Å². The third-order valence-corrected chi connectivity index (χ3v) is 2.57. The molecule has 1 saturated heterocycles. The van der Waals surface area contributed by atoms with E-state index in [0.29, 0.717) is 0 Å². The van der Waals surface area contributed by atoms with Gasteiger partial charge in [-0.25, -0.2) is 0 Å². The Morgan fingerprint density at radius 3 is 3.00 bits per heavy atom. The molecule has 1 N–H and O–H groups in total. The third-order valence-electron chi connectivity index (χ3n) is 2.57. The predicted octanol–water partition coefficient (Wildman–Crippen LogP) is 0.745. The molecule has 0 spiro atoms. The Morgan fingerprint density at radius 2 is 2.50 bits per heavy atom. The van der Waals surface area contributed by atoms with E-state index >= 15 is 0 Å². The lowest BCUT2D eigenvalue weighted by Crippen LogP contribution is -2.39. The van der Waals surface area contributed by atoms with Gasteiger partial charge in [-0.2, -0.15) is 5.26 Å². The summed E-state index contributed by atoms with van der Waals surface area (Å²) in [5.41, 5.74) is 0. The minimum atomic E-state index is 0.00431. The second kappa shape index (κ2) is 4.44. The Kier molecular flexibility index (Phi) is 3.51. The molecule has 1 heterocycles. The van der Waals surface area contributed by atoms with Crippen LogP contribution in [0.5, 0.6) is 0 Å². The fraction of sp³-hybridized carbons (Fsp3) is 0.889. The van der Waals surface area contributed by atoms with Crippen LogP contribution in [-0.2, 0) is 0 Å². The average Bonchev–Trinajstić information content (AvgIpc) is 2.55. The third kappa shape index (κ3) is 1.77. The summed E-state index contributed by atoms with van der Waals surface area (Å²) >= 11 is 0. The van der Waals surface area contributed by atoms with E-state index in [-0.39, 0.29) is 18.7 Å². The molecule has 0 saturated carbocycles. The number of likely N-dealkylation sites (tertiary alicyclic amines) is 1. The first-order chi connectivity index (χ1) is 5.83. The molecule has 0 aliphatic carbocycles. The summed E-state index contributed by atoms with van der Waals surface area (Å²) in [5.74, 6) is 0. The van der Waals surface area contributed by atoms with Crippen LogP contribution in [0.2, 0.25) is 0 Å². The Bertz CT molecular complexity index is 176. The fourth-order valence-electron chi connectivity index (χ4n) is 1.86. The molecular formula is C9H16N2O. The quantitative estimate of drug-likeness (QED) is 0.676. The molecule has 0 radical (unpaired) electrons. The number of hydrogen-bond acceptors (Lipinski definition) is 3. The van der Waals surface area contributed by atoms with Crippen molar-refractivity contribution in [3.8, 4) is 6.07 Å². The lowest BCUT2D eigenvalue weighted by Gasteiger charge is -2.26. The first kappa shape index (κ1) is 9.50. The van der Waals surface area contributed by atoms with Crippen molar-refractivity contribution in [2.45, 2.75) is 38.3 Å². The Morgan fingerprint density at radius 1 is 1.75 bits per heavy atom. The Hall–Kier alpha value is -0.590. The molecule has 1 fully saturated rings. The maximum Gasteiger partial charge on any atom is 0.0978 e. The molecule has 0 amide bonds. The molecule has 3 heteroatoms. The van der Waals surface area contributed by atoms with Gasteiger partial charge in [0, 0.05) is 6.04 Å². The van der Waals surface area contributed by atoms with Crippen LogP contribution in [-0.4, -0.2) is 35.2 Å². The van der Waals surface area contributed by atoms with Crippen molar-refractivity contribution < 1.29 is 5.11 Å². The number of rotatable bonds is 3. The van der Waals surface area contributed by atoms with Gasteiger partial charge in [-0.05, 0) is 25.8 Å². The maximum atomic E-state index is 9.03. The molecule has 68 valence electrons. The molecular weight excluding hydrogens is 152 g/mol. The highest BCUT2D eigenvalue weighted by Gasteiger charge is 2.28. The van der Waals surface area contributed by atoms with Gasteiger partial charge in [0.15, 0.2) is 0 Å². The van der Waals surface area contributed by atoms with Gasteiger partial charge in [0.25, 0.3) is 0 Å². The molecule has 1 aliphatic heterocycles. The van der Waals surface area contributed by atoms with E-state index in [4.69, 9.17) is 10.4 Å². The summed E-state index contributed by atoms with van der Waals surface area (Å²) in [6.07, 6.45) is 3.01. The van der Waals surface area contributed by atoms with Crippen molar-refractivity contribution in [1.82, 2.24) is 4.90 Å². The van der Waals surface area contributed by atoms with E-state index in [1.807, 2.05) is 6.92 Å². The number of hydrogen-bond donors (Lipinski definition) is 1. The van der Waals surface area contributed by atoms with Gasteiger partial charge in [-0.3, -0.25) is 4.90 Å². The second-order valence-electron chi connectivity index (χ2n) is 3.27. The van der Waals surface area contributed by atoms with Crippen molar-refractivity contribution >= 4 is 0 Å². The molecule has 1 aliphatic rings. The van der Waals surface area contributed by atoms with Crippen LogP contribution < -0.4 is 0 Å². The van der Waals surface area contributed by atoms with E-state index in [1.165, 1.54) is 0 Å². The number of aliphatic hydroxyl groups excluding tert-OH is 1. The van der Waals surface area contributed by atoms with Crippen LogP contribution in [0.4, 0.5) is 0 Å². The lowest BCUT2D eigenvalue weighted by molar-refractivity contribution is 0.137. The van der Waals surface area contributed by atoms with Gasteiger partial charge < -0.3 is 5.11 Å². The highest BCUT2D eigenvalue weighted by atomic mass is 16.3. The van der Waals surface area contributed by atoms with Crippen molar-refractivity contribution in [3.63, 3.8) is 0 Å².